The molecule has 9 fully saturated rings. The van der Waals surface area contributed by atoms with E-state index in [1.807, 2.05) is 20.8 Å². The number of allylic oxidation sites excluding steroid dienone is 1. The molecule has 370 valence electrons. The van der Waals surface area contributed by atoms with E-state index < -0.39 is 116 Å². The highest BCUT2D eigenvalue weighted by Crippen LogP contribution is 2.76. The van der Waals surface area contributed by atoms with E-state index in [1.54, 1.807) is 21.1 Å². The van der Waals surface area contributed by atoms with Crippen molar-refractivity contribution in [3.63, 3.8) is 0 Å². The summed E-state index contributed by atoms with van der Waals surface area (Å²) in [4.78, 5) is 0. The molecule has 3 N–H and O–H groups in total. The van der Waals surface area contributed by atoms with Gasteiger partial charge in [0, 0.05) is 51.9 Å². The van der Waals surface area contributed by atoms with Gasteiger partial charge in [0.2, 0.25) is 0 Å². The van der Waals surface area contributed by atoms with Gasteiger partial charge in [0.25, 0.3) is 0 Å². The van der Waals surface area contributed by atoms with Crippen molar-refractivity contribution in [3.05, 3.63) is 11.6 Å². The number of hydrogen-bond donors (Lipinski definition) is 3. The van der Waals surface area contributed by atoms with Crippen molar-refractivity contribution >= 4 is 0 Å². The molecule has 26 atom stereocenters. The van der Waals surface area contributed by atoms with Gasteiger partial charge in [-0.15, -0.1) is 0 Å². The van der Waals surface area contributed by atoms with Gasteiger partial charge in [-0.25, -0.2) is 0 Å². The lowest BCUT2D eigenvalue weighted by molar-refractivity contribution is -0.359. The number of hydrogen-bond acceptors (Lipinski definition) is 17. The van der Waals surface area contributed by atoms with Crippen molar-refractivity contribution in [1.82, 2.24) is 0 Å². The first-order valence-electron chi connectivity index (χ1n) is 24.5. The van der Waals surface area contributed by atoms with Crippen LogP contribution in [0.3, 0.4) is 0 Å². The number of fused-ring (bicyclic) bond motifs is 3. The Morgan fingerprint density at radius 3 is 1.91 bits per heavy atom. The van der Waals surface area contributed by atoms with Crippen LogP contribution >= 0.6 is 0 Å². The van der Waals surface area contributed by atoms with Crippen LogP contribution in [0.1, 0.15) is 106 Å². The van der Waals surface area contributed by atoms with Crippen molar-refractivity contribution < 1.29 is 81.6 Å². The molecule has 7 aliphatic heterocycles. The second kappa shape index (κ2) is 17.7. The largest absolute Gasteiger partial charge is 0.390 e. The topological polar surface area (TPSA) is 190 Å². The van der Waals surface area contributed by atoms with Crippen LogP contribution in [0.4, 0.5) is 0 Å². The molecule has 7 heterocycles. The van der Waals surface area contributed by atoms with E-state index in [2.05, 4.69) is 26.8 Å². The summed E-state index contributed by atoms with van der Waals surface area (Å²) in [7, 11) is 4.65. The molecule has 3 aliphatic carbocycles. The fourth-order valence-corrected chi connectivity index (χ4v) is 14.7. The third-order valence-corrected chi connectivity index (χ3v) is 18.0. The van der Waals surface area contributed by atoms with E-state index in [0.717, 1.165) is 32.1 Å². The molecule has 2 bridgehead atoms. The lowest BCUT2D eigenvalue weighted by atomic mass is 9.48. The fraction of sp³-hybridized carbons (Fsp3) is 0.958. The Morgan fingerprint density at radius 1 is 0.646 bits per heavy atom. The lowest BCUT2D eigenvalue weighted by Crippen LogP contribution is -2.61. The number of aliphatic hydroxyl groups is 3. The number of rotatable bonds is 11. The molecule has 26 unspecified atom stereocenters. The van der Waals surface area contributed by atoms with Crippen LogP contribution in [0.25, 0.3) is 0 Å². The zero-order chi connectivity index (χ0) is 46.0. The minimum absolute atomic E-state index is 0.00494. The summed E-state index contributed by atoms with van der Waals surface area (Å²) in [5, 5.41) is 32.8. The summed E-state index contributed by atoms with van der Waals surface area (Å²) in [5.41, 5.74) is 1.49. The third kappa shape index (κ3) is 7.76. The molecular weight excluding hydrogens is 849 g/mol. The molecule has 17 nitrogen and oxygen atoms in total. The van der Waals surface area contributed by atoms with Gasteiger partial charge in [0.1, 0.15) is 36.6 Å². The molecule has 7 saturated heterocycles. The van der Waals surface area contributed by atoms with Crippen molar-refractivity contribution in [1.29, 1.82) is 0 Å². The first-order chi connectivity index (χ1) is 30.9. The third-order valence-electron chi connectivity index (χ3n) is 18.0. The average molecular weight is 925 g/mol. The van der Waals surface area contributed by atoms with Gasteiger partial charge < -0.3 is 81.6 Å². The molecule has 10 rings (SSSR count). The van der Waals surface area contributed by atoms with Crippen molar-refractivity contribution in [3.8, 4) is 0 Å². The Bertz CT molecular complexity index is 1730. The van der Waals surface area contributed by atoms with E-state index in [-0.39, 0.29) is 35.4 Å². The molecule has 0 aromatic heterocycles. The Kier molecular flexibility index (Phi) is 13.0. The molecule has 0 radical (unpaired) electrons. The quantitative estimate of drug-likeness (QED) is 0.253. The lowest BCUT2D eigenvalue weighted by Gasteiger charge is -2.59. The smallest absolute Gasteiger partial charge is 0.187 e. The highest BCUT2D eigenvalue weighted by atomic mass is 16.8. The standard InChI is InChI=1S/C48H76O17/c1-22-37(50)42(54-10)38(51)44(59-22)63-41-25(4)58-36(20-32(41)53-9)62-40-24(3)57-35(19-31(40)52-8)61-39-23(2)56-34(18-30(39)49)60-27-13-15-45(5)26(17-27)11-12-29-28(45)14-16-46(6)43-33-21-55-47(43,7)65-48(29,46)64-33/h11,22-25,27-44,49-51H,12-21H2,1-10H3. The van der Waals surface area contributed by atoms with Gasteiger partial charge in [-0.05, 0) is 84.5 Å². The molecule has 10 aliphatic rings. The molecule has 0 aromatic rings. The molecule has 0 aromatic carbocycles. The molecule has 2 saturated carbocycles. The van der Waals surface area contributed by atoms with Crippen LogP contribution in [-0.4, -0.2) is 172 Å². The number of methoxy groups -OCH3 is 3. The van der Waals surface area contributed by atoms with Crippen LogP contribution in [-0.2, 0) is 66.3 Å². The van der Waals surface area contributed by atoms with Crippen molar-refractivity contribution in [2.75, 3.05) is 27.9 Å². The van der Waals surface area contributed by atoms with Gasteiger partial charge in [0.15, 0.2) is 36.7 Å². The van der Waals surface area contributed by atoms with Crippen molar-refractivity contribution in [2.45, 2.75) is 235 Å². The van der Waals surface area contributed by atoms with Crippen LogP contribution in [0.15, 0.2) is 11.6 Å². The first-order valence-corrected chi connectivity index (χ1v) is 24.5. The maximum atomic E-state index is 11.5. The number of ether oxygens (including phenoxy) is 14. The van der Waals surface area contributed by atoms with Gasteiger partial charge in [0.05, 0.1) is 67.5 Å². The maximum absolute atomic E-state index is 11.5. The minimum Gasteiger partial charge on any atom is -0.390 e. The van der Waals surface area contributed by atoms with Crippen LogP contribution in [0.2, 0.25) is 0 Å². The van der Waals surface area contributed by atoms with E-state index in [4.69, 9.17) is 66.3 Å². The van der Waals surface area contributed by atoms with Crippen LogP contribution < -0.4 is 0 Å². The summed E-state index contributed by atoms with van der Waals surface area (Å²) in [6.45, 7) is 15.0. The molecule has 0 amide bonds. The average Bonchev–Trinajstić information content (AvgIpc) is 3.75. The molecule has 0 spiro atoms. The zero-order valence-corrected chi connectivity index (χ0v) is 39.9. The van der Waals surface area contributed by atoms with E-state index in [0.29, 0.717) is 31.3 Å². The Labute approximate surface area is 383 Å². The maximum Gasteiger partial charge on any atom is 0.187 e. The summed E-state index contributed by atoms with van der Waals surface area (Å²) >= 11 is 0. The monoisotopic (exact) mass is 925 g/mol. The van der Waals surface area contributed by atoms with Crippen molar-refractivity contribution in [2.24, 2.45) is 28.6 Å². The first kappa shape index (κ1) is 47.7. The van der Waals surface area contributed by atoms with Gasteiger partial charge in [-0.2, -0.15) is 0 Å². The predicted octanol–water partition coefficient (Wildman–Crippen LogP) is 3.85. The Balaban J connectivity index is 0.709. The Morgan fingerprint density at radius 2 is 1.28 bits per heavy atom. The predicted molar refractivity (Wildman–Crippen MR) is 227 cm³/mol. The van der Waals surface area contributed by atoms with Gasteiger partial charge in [-0.1, -0.05) is 25.5 Å². The fourth-order valence-electron chi connectivity index (χ4n) is 14.7. The van der Waals surface area contributed by atoms with Crippen LogP contribution in [0.5, 0.6) is 0 Å². The summed E-state index contributed by atoms with van der Waals surface area (Å²) in [6, 6.07) is 0. The van der Waals surface area contributed by atoms with E-state index in [1.165, 1.54) is 19.1 Å². The normalized spacial score (nSPS) is 57.3. The highest BCUT2D eigenvalue weighted by molar-refractivity contribution is 5.30. The summed E-state index contributed by atoms with van der Waals surface area (Å²) in [5.74, 6) is -0.0884. The zero-order valence-electron chi connectivity index (χ0n) is 39.9. The Hall–Kier alpha value is -0.940. The van der Waals surface area contributed by atoms with Gasteiger partial charge >= 0.3 is 0 Å². The highest BCUT2D eigenvalue weighted by Gasteiger charge is 2.83. The summed E-state index contributed by atoms with van der Waals surface area (Å²) < 4.78 is 88.1. The van der Waals surface area contributed by atoms with Crippen LogP contribution in [0, 0.1) is 28.6 Å². The second-order valence-corrected chi connectivity index (χ2v) is 21.6. The summed E-state index contributed by atoms with van der Waals surface area (Å²) in [6.07, 6.45) is -2.02. The van der Waals surface area contributed by atoms with E-state index >= 15 is 0 Å². The van der Waals surface area contributed by atoms with E-state index in [9.17, 15) is 15.3 Å². The molecular formula is C48H76O17. The molecule has 17 heteroatoms. The second-order valence-electron chi connectivity index (χ2n) is 21.6. The molecule has 65 heavy (non-hydrogen) atoms. The number of aliphatic hydroxyl groups excluding tert-OH is 3. The van der Waals surface area contributed by atoms with Gasteiger partial charge in [-0.3, -0.25) is 0 Å². The SMILES string of the molecule is COC1CC(OC2C(O)CC(OC3CCC4(C)C(=CCC5C4CCC4(C)C6C7COC6(C)OC54O7)C3)OC2C)OC(C)C1OC1CC(OC)C(OC2OC(C)C(O)C(OC)C2O)C(C)O1. The minimum atomic E-state index is -1.22.